The van der Waals surface area contributed by atoms with Gasteiger partial charge in [0.1, 0.15) is 0 Å². The number of hydrogen-bond donors (Lipinski definition) is 2. The molecule has 2 aliphatic rings. The normalized spacial score (nSPS) is 30.7. The van der Waals surface area contributed by atoms with Crippen LogP contribution in [0.4, 0.5) is 0 Å². The second-order valence-corrected chi connectivity index (χ2v) is 7.53. The van der Waals surface area contributed by atoms with Gasteiger partial charge in [-0.25, -0.2) is 0 Å². The van der Waals surface area contributed by atoms with E-state index in [0.29, 0.717) is 18.2 Å². The molecule has 0 spiro atoms. The Morgan fingerprint density at radius 3 is 2.74 bits per heavy atom. The van der Waals surface area contributed by atoms with Gasteiger partial charge in [0.15, 0.2) is 5.96 Å². The first-order chi connectivity index (χ1) is 9.04. The zero-order valence-electron chi connectivity index (χ0n) is 12.5. The molecule has 2 N–H and O–H groups in total. The van der Waals surface area contributed by atoms with Crippen LogP contribution in [0, 0.1) is 0 Å². The molecule has 3 unspecified atom stereocenters. The Labute approximate surface area is 121 Å². The van der Waals surface area contributed by atoms with Gasteiger partial charge in [0.2, 0.25) is 0 Å². The van der Waals surface area contributed by atoms with Crippen molar-refractivity contribution < 1.29 is 4.74 Å². The molecule has 110 valence electrons. The maximum Gasteiger partial charge on any atom is 0.191 e. The van der Waals surface area contributed by atoms with Crippen molar-refractivity contribution in [2.75, 3.05) is 19.3 Å². The molecule has 2 saturated heterocycles. The molecule has 0 saturated carbocycles. The number of hydrogen-bond acceptors (Lipinski definition) is 3. The maximum absolute atomic E-state index is 5.88. The lowest BCUT2D eigenvalue weighted by atomic mass is 9.96. The molecule has 0 amide bonds. The van der Waals surface area contributed by atoms with Crippen molar-refractivity contribution in [3.63, 3.8) is 0 Å². The zero-order chi connectivity index (χ0) is 13.9. The summed E-state index contributed by atoms with van der Waals surface area (Å²) >= 11 is 1.85. The monoisotopic (exact) mass is 285 g/mol. The van der Waals surface area contributed by atoms with E-state index in [1.54, 1.807) is 0 Å². The number of fused-ring (bicyclic) bond motifs is 2. The molecular weight excluding hydrogens is 258 g/mol. The van der Waals surface area contributed by atoms with Crippen LogP contribution in [-0.2, 0) is 4.74 Å². The Balaban J connectivity index is 1.90. The van der Waals surface area contributed by atoms with Gasteiger partial charge in [-0.1, -0.05) is 0 Å². The number of aliphatic imine (C=N–C) groups is 1. The standard InChI is InChI=1S/C14H27N3OS/c1-5-15-13(16-9-14(2,3)19-4)17-11-8-10-6-7-12(11)18-10/h10-12H,5-9H2,1-4H3,(H2,15,16,17). The SMILES string of the molecule is CCNC(=NCC(C)(C)SC)NC1CC2CCC1O2. The minimum Gasteiger partial charge on any atom is -0.373 e. The molecule has 0 aromatic heterocycles. The number of thioether (sulfide) groups is 1. The molecule has 0 aromatic rings. The Bertz CT molecular complexity index is 333. The number of nitrogens with zero attached hydrogens (tertiary/aromatic N) is 1. The van der Waals surface area contributed by atoms with E-state index < -0.39 is 0 Å². The van der Waals surface area contributed by atoms with Crippen molar-refractivity contribution >= 4 is 17.7 Å². The third-order valence-corrected chi connectivity index (χ3v) is 5.18. The highest BCUT2D eigenvalue weighted by Crippen LogP contribution is 2.34. The van der Waals surface area contributed by atoms with E-state index in [9.17, 15) is 0 Å². The van der Waals surface area contributed by atoms with Crippen LogP contribution < -0.4 is 10.6 Å². The lowest BCUT2D eigenvalue weighted by molar-refractivity contribution is 0.0992. The van der Waals surface area contributed by atoms with Gasteiger partial charge in [-0.15, -0.1) is 0 Å². The van der Waals surface area contributed by atoms with Crippen molar-refractivity contribution in [1.29, 1.82) is 0 Å². The average Bonchev–Trinajstić information content (AvgIpc) is 2.98. The number of rotatable bonds is 5. The van der Waals surface area contributed by atoms with Crippen LogP contribution in [0.3, 0.4) is 0 Å². The molecule has 5 heteroatoms. The summed E-state index contributed by atoms with van der Waals surface area (Å²) in [5.74, 6) is 0.936. The summed E-state index contributed by atoms with van der Waals surface area (Å²) in [6, 6.07) is 0.439. The van der Waals surface area contributed by atoms with Gasteiger partial charge in [-0.05, 0) is 46.3 Å². The Kier molecular flexibility index (Phi) is 5.01. The summed E-state index contributed by atoms with van der Waals surface area (Å²) in [6.07, 6.45) is 6.56. The molecule has 2 aliphatic heterocycles. The van der Waals surface area contributed by atoms with Gasteiger partial charge in [0.05, 0.1) is 24.8 Å². The first-order valence-corrected chi connectivity index (χ1v) is 8.52. The predicted octanol–water partition coefficient (Wildman–Crippen LogP) is 2.00. The van der Waals surface area contributed by atoms with Gasteiger partial charge in [0.25, 0.3) is 0 Å². The van der Waals surface area contributed by atoms with E-state index in [1.807, 2.05) is 11.8 Å². The Hall–Kier alpha value is -0.420. The first-order valence-electron chi connectivity index (χ1n) is 7.29. The van der Waals surface area contributed by atoms with Gasteiger partial charge >= 0.3 is 0 Å². The minimum absolute atomic E-state index is 0.188. The summed E-state index contributed by atoms with van der Waals surface area (Å²) < 4.78 is 6.07. The third-order valence-electron chi connectivity index (χ3n) is 3.94. The summed E-state index contributed by atoms with van der Waals surface area (Å²) in [7, 11) is 0. The van der Waals surface area contributed by atoms with E-state index in [1.165, 1.54) is 12.8 Å². The van der Waals surface area contributed by atoms with Crippen molar-refractivity contribution in [3.8, 4) is 0 Å². The van der Waals surface area contributed by atoms with E-state index in [-0.39, 0.29) is 4.75 Å². The molecule has 3 atom stereocenters. The fraction of sp³-hybridized carbons (Fsp3) is 0.929. The van der Waals surface area contributed by atoms with Crippen LogP contribution in [0.25, 0.3) is 0 Å². The van der Waals surface area contributed by atoms with Crippen molar-refractivity contribution in [2.24, 2.45) is 4.99 Å². The van der Waals surface area contributed by atoms with E-state index >= 15 is 0 Å². The highest BCUT2D eigenvalue weighted by atomic mass is 32.2. The zero-order valence-corrected chi connectivity index (χ0v) is 13.3. The van der Waals surface area contributed by atoms with Crippen LogP contribution >= 0.6 is 11.8 Å². The lowest BCUT2D eigenvalue weighted by Crippen LogP contribution is -2.47. The highest BCUT2D eigenvalue weighted by molar-refractivity contribution is 7.99. The maximum atomic E-state index is 5.88. The van der Waals surface area contributed by atoms with Crippen LogP contribution in [0.2, 0.25) is 0 Å². The minimum atomic E-state index is 0.188. The lowest BCUT2D eigenvalue weighted by Gasteiger charge is -2.24. The first kappa shape index (κ1) is 15.0. The van der Waals surface area contributed by atoms with Crippen molar-refractivity contribution in [2.45, 2.75) is 63.0 Å². The van der Waals surface area contributed by atoms with Crippen LogP contribution in [-0.4, -0.2) is 48.3 Å². The smallest absolute Gasteiger partial charge is 0.191 e. The van der Waals surface area contributed by atoms with E-state index in [0.717, 1.165) is 25.5 Å². The predicted molar refractivity (Wildman–Crippen MR) is 83.0 cm³/mol. The summed E-state index contributed by atoms with van der Waals surface area (Å²) in [5.41, 5.74) is 0. The number of guanidine groups is 1. The molecule has 0 aliphatic carbocycles. The average molecular weight is 285 g/mol. The summed E-state index contributed by atoms with van der Waals surface area (Å²) in [6.45, 7) is 8.28. The van der Waals surface area contributed by atoms with Crippen molar-refractivity contribution in [3.05, 3.63) is 0 Å². The van der Waals surface area contributed by atoms with Crippen molar-refractivity contribution in [1.82, 2.24) is 10.6 Å². The fourth-order valence-electron chi connectivity index (χ4n) is 2.62. The molecular formula is C14H27N3OS. The van der Waals surface area contributed by atoms with E-state index in [4.69, 9.17) is 9.73 Å². The van der Waals surface area contributed by atoms with E-state index in [2.05, 4.69) is 37.7 Å². The molecule has 0 aromatic carbocycles. The Morgan fingerprint density at radius 2 is 2.21 bits per heavy atom. The summed E-state index contributed by atoms with van der Waals surface area (Å²) in [4.78, 5) is 4.72. The quantitative estimate of drug-likeness (QED) is 0.599. The Morgan fingerprint density at radius 1 is 1.42 bits per heavy atom. The summed E-state index contributed by atoms with van der Waals surface area (Å²) in [5, 5.41) is 6.89. The molecule has 4 nitrogen and oxygen atoms in total. The second-order valence-electron chi connectivity index (χ2n) is 6.02. The molecule has 2 heterocycles. The van der Waals surface area contributed by atoms with Gasteiger partial charge in [-0.3, -0.25) is 4.99 Å². The molecule has 0 radical (unpaired) electrons. The molecule has 2 bridgehead atoms. The molecule has 2 fully saturated rings. The van der Waals surface area contributed by atoms with Crippen LogP contribution in [0.5, 0.6) is 0 Å². The largest absolute Gasteiger partial charge is 0.373 e. The third kappa shape index (κ3) is 4.02. The fourth-order valence-corrected chi connectivity index (χ4v) is 2.81. The topological polar surface area (TPSA) is 45.7 Å². The van der Waals surface area contributed by atoms with Gasteiger partial charge in [-0.2, -0.15) is 11.8 Å². The molecule has 2 rings (SSSR count). The second kappa shape index (κ2) is 6.35. The molecule has 19 heavy (non-hydrogen) atoms. The number of nitrogens with one attached hydrogen (secondary N) is 2. The van der Waals surface area contributed by atoms with Crippen LogP contribution in [0.15, 0.2) is 4.99 Å². The highest BCUT2D eigenvalue weighted by Gasteiger charge is 2.41. The number of ether oxygens (including phenoxy) is 1. The van der Waals surface area contributed by atoms with Crippen LogP contribution in [0.1, 0.15) is 40.0 Å². The van der Waals surface area contributed by atoms with Gasteiger partial charge in [0, 0.05) is 11.3 Å². The van der Waals surface area contributed by atoms with Gasteiger partial charge < -0.3 is 15.4 Å².